The molecule has 0 fully saturated rings. The molecule has 1 atom stereocenters. The quantitative estimate of drug-likeness (QED) is 0.555. The Bertz CT molecular complexity index is 813. The van der Waals surface area contributed by atoms with Gasteiger partial charge in [-0.05, 0) is 30.2 Å². The molecule has 0 saturated carbocycles. The van der Waals surface area contributed by atoms with Gasteiger partial charge in [0.2, 0.25) is 0 Å². The van der Waals surface area contributed by atoms with E-state index in [1.54, 1.807) is 24.7 Å². The molecule has 122 valence electrons. The third-order valence-corrected chi connectivity index (χ3v) is 3.93. The molecular formula is C18H18N4O2. The second-order valence-electron chi connectivity index (χ2n) is 5.59. The van der Waals surface area contributed by atoms with E-state index >= 15 is 0 Å². The van der Waals surface area contributed by atoms with Crippen LogP contribution in [0.15, 0.2) is 67.3 Å². The van der Waals surface area contributed by atoms with Crippen molar-refractivity contribution in [2.45, 2.75) is 19.5 Å². The summed E-state index contributed by atoms with van der Waals surface area (Å²) in [7, 11) is 0. The summed E-state index contributed by atoms with van der Waals surface area (Å²) in [6, 6.07) is 15.1. The number of non-ortho nitro benzene ring substituents is 1. The van der Waals surface area contributed by atoms with E-state index in [0.29, 0.717) is 6.54 Å². The van der Waals surface area contributed by atoms with Gasteiger partial charge < -0.3 is 9.88 Å². The average molecular weight is 322 g/mol. The van der Waals surface area contributed by atoms with Crippen LogP contribution >= 0.6 is 0 Å². The highest BCUT2D eigenvalue weighted by atomic mass is 16.6. The van der Waals surface area contributed by atoms with Crippen molar-refractivity contribution >= 4 is 5.69 Å². The van der Waals surface area contributed by atoms with Crippen molar-refractivity contribution in [2.75, 3.05) is 0 Å². The molecule has 0 aliphatic rings. The van der Waals surface area contributed by atoms with Gasteiger partial charge in [0.15, 0.2) is 0 Å². The zero-order valence-corrected chi connectivity index (χ0v) is 13.3. The monoisotopic (exact) mass is 322 g/mol. The van der Waals surface area contributed by atoms with Gasteiger partial charge in [-0.15, -0.1) is 0 Å². The van der Waals surface area contributed by atoms with Crippen LogP contribution < -0.4 is 5.32 Å². The third-order valence-electron chi connectivity index (χ3n) is 3.93. The maximum absolute atomic E-state index is 10.8. The highest BCUT2D eigenvalue weighted by Gasteiger charge is 2.08. The van der Waals surface area contributed by atoms with Crippen LogP contribution in [0.4, 0.5) is 5.69 Å². The zero-order valence-electron chi connectivity index (χ0n) is 13.3. The van der Waals surface area contributed by atoms with E-state index in [2.05, 4.69) is 29.4 Å². The van der Waals surface area contributed by atoms with E-state index in [4.69, 9.17) is 0 Å². The number of hydrogen-bond donors (Lipinski definition) is 1. The van der Waals surface area contributed by atoms with E-state index in [9.17, 15) is 10.1 Å². The van der Waals surface area contributed by atoms with Crippen molar-refractivity contribution in [1.82, 2.24) is 14.9 Å². The number of nitrogens with zero attached hydrogens (tertiary/aromatic N) is 3. The molecule has 0 bridgehead atoms. The summed E-state index contributed by atoms with van der Waals surface area (Å²) in [5.41, 5.74) is 3.23. The molecule has 3 aromatic rings. The lowest BCUT2D eigenvalue weighted by atomic mass is 10.1. The molecule has 1 unspecified atom stereocenters. The Morgan fingerprint density at radius 2 is 2.04 bits per heavy atom. The first-order chi connectivity index (χ1) is 11.6. The Morgan fingerprint density at radius 3 is 2.71 bits per heavy atom. The summed E-state index contributed by atoms with van der Waals surface area (Å²) < 4.78 is 1.95. The SMILES string of the molecule is CC(NCc1cccc([N+](=O)[O-])c1)c1ccc(-n2ccnc2)cc1. The van der Waals surface area contributed by atoms with Crippen molar-refractivity contribution in [3.63, 3.8) is 0 Å². The minimum Gasteiger partial charge on any atom is -0.306 e. The van der Waals surface area contributed by atoms with E-state index in [-0.39, 0.29) is 16.7 Å². The normalized spacial score (nSPS) is 12.0. The van der Waals surface area contributed by atoms with Crippen molar-refractivity contribution in [2.24, 2.45) is 0 Å². The van der Waals surface area contributed by atoms with Crippen LogP contribution in [0.25, 0.3) is 5.69 Å². The molecule has 1 heterocycles. The first-order valence-electron chi connectivity index (χ1n) is 7.68. The van der Waals surface area contributed by atoms with Crippen molar-refractivity contribution in [1.29, 1.82) is 0 Å². The number of imidazole rings is 1. The van der Waals surface area contributed by atoms with Gasteiger partial charge in [0.05, 0.1) is 11.3 Å². The molecule has 1 aromatic heterocycles. The fourth-order valence-electron chi connectivity index (χ4n) is 2.52. The lowest BCUT2D eigenvalue weighted by Crippen LogP contribution is -2.18. The summed E-state index contributed by atoms with van der Waals surface area (Å²) >= 11 is 0. The molecular weight excluding hydrogens is 304 g/mol. The molecule has 0 spiro atoms. The van der Waals surface area contributed by atoms with Crippen LogP contribution in [-0.2, 0) is 6.54 Å². The summed E-state index contributed by atoms with van der Waals surface area (Å²) in [4.78, 5) is 14.5. The number of hydrogen-bond acceptors (Lipinski definition) is 4. The topological polar surface area (TPSA) is 73.0 Å². The second kappa shape index (κ2) is 7.06. The molecule has 1 N–H and O–H groups in total. The molecule has 0 radical (unpaired) electrons. The lowest BCUT2D eigenvalue weighted by Gasteiger charge is -2.15. The van der Waals surface area contributed by atoms with Gasteiger partial charge in [-0.2, -0.15) is 0 Å². The van der Waals surface area contributed by atoms with E-state index in [1.807, 2.05) is 29.0 Å². The Labute approximate surface area is 139 Å². The van der Waals surface area contributed by atoms with E-state index in [1.165, 1.54) is 6.07 Å². The van der Waals surface area contributed by atoms with Gasteiger partial charge in [0, 0.05) is 42.8 Å². The highest BCUT2D eigenvalue weighted by molar-refractivity contribution is 5.36. The molecule has 0 saturated heterocycles. The largest absolute Gasteiger partial charge is 0.306 e. The van der Waals surface area contributed by atoms with Crippen LogP contribution in [0.3, 0.4) is 0 Å². The molecule has 24 heavy (non-hydrogen) atoms. The summed E-state index contributed by atoms with van der Waals surface area (Å²) in [5, 5.41) is 14.2. The van der Waals surface area contributed by atoms with Crippen molar-refractivity contribution < 1.29 is 4.92 Å². The van der Waals surface area contributed by atoms with Crippen LogP contribution in [0, 0.1) is 10.1 Å². The van der Waals surface area contributed by atoms with Crippen LogP contribution in [-0.4, -0.2) is 14.5 Å². The zero-order chi connectivity index (χ0) is 16.9. The van der Waals surface area contributed by atoms with Crippen LogP contribution in [0.1, 0.15) is 24.1 Å². The fourth-order valence-corrected chi connectivity index (χ4v) is 2.52. The minimum atomic E-state index is -0.373. The molecule has 0 aliphatic carbocycles. The summed E-state index contributed by atoms with van der Waals surface area (Å²) in [6.07, 6.45) is 5.41. The first-order valence-corrected chi connectivity index (χ1v) is 7.68. The van der Waals surface area contributed by atoms with Gasteiger partial charge in [0.25, 0.3) is 5.69 Å². The number of aromatic nitrogens is 2. The summed E-state index contributed by atoms with van der Waals surface area (Å²) in [6.45, 7) is 2.65. The second-order valence-corrected chi connectivity index (χ2v) is 5.59. The Kier molecular flexibility index (Phi) is 4.67. The number of nitrogens with one attached hydrogen (secondary N) is 1. The summed E-state index contributed by atoms with van der Waals surface area (Å²) in [5.74, 6) is 0. The van der Waals surface area contributed by atoms with Crippen LogP contribution in [0.2, 0.25) is 0 Å². The van der Waals surface area contributed by atoms with Gasteiger partial charge >= 0.3 is 0 Å². The maximum Gasteiger partial charge on any atom is 0.269 e. The molecule has 3 rings (SSSR count). The standard InChI is InChI=1S/C18H18N4O2/c1-14(20-12-15-3-2-4-18(11-15)22(23)24)16-5-7-17(8-6-16)21-10-9-19-13-21/h2-11,13-14,20H,12H2,1H3. The average Bonchev–Trinajstić information content (AvgIpc) is 3.14. The van der Waals surface area contributed by atoms with Crippen molar-refractivity contribution in [3.05, 3.63) is 88.5 Å². The smallest absolute Gasteiger partial charge is 0.269 e. The maximum atomic E-state index is 10.8. The Morgan fingerprint density at radius 1 is 1.25 bits per heavy atom. The van der Waals surface area contributed by atoms with E-state index in [0.717, 1.165) is 16.8 Å². The van der Waals surface area contributed by atoms with Gasteiger partial charge in [0.1, 0.15) is 0 Å². The molecule has 6 nitrogen and oxygen atoms in total. The highest BCUT2D eigenvalue weighted by Crippen LogP contribution is 2.17. The predicted molar refractivity (Wildman–Crippen MR) is 91.9 cm³/mol. The number of rotatable bonds is 6. The molecule has 0 aliphatic heterocycles. The van der Waals surface area contributed by atoms with E-state index < -0.39 is 0 Å². The Hall–Kier alpha value is -2.99. The first kappa shape index (κ1) is 15.9. The van der Waals surface area contributed by atoms with Gasteiger partial charge in [-0.1, -0.05) is 24.3 Å². The molecule has 6 heteroatoms. The van der Waals surface area contributed by atoms with Gasteiger partial charge in [-0.25, -0.2) is 4.98 Å². The number of benzene rings is 2. The minimum absolute atomic E-state index is 0.117. The number of nitro benzene ring substituents is 1. The van der Waals surface area contributed by atoms with Crippen LogP contribution in [0.5, 0.6) is 0 Å². The number of nitro groups is 1. The fraction of sp³-hybridized carbons (Fsp3) is 0.167. The van der Waals surface area contributed by atoms with Gasteiger partial charge in [-0.3, -0.25) is 10.1 Å². The molecule has 0 amide bonds. The Balaban J connectivity index is 1.63. The third kappa shape index (κ3) is 3.67. The van der Waals surface area contributed by atoms with Crippen molar-refractivity contribution in [3.8, 4) is 5.69 Å². The predicted octanol–water partition coefficient (Wildman–Crippen LogP) is 3.63. The lowest BCUT2D eigenvalue weighted by molar-refractivity contribution is -0.384. The molecule has 2 aromatic carbocycles.